The maximum Gasteiger partial charge on any atom is 0.104 e. The summed E-state index contributed by atoms with van der Waals surface area (Å²) in [5.74, 6) is 0. The number of rotatable bonds is 1. The van der Waals surface area contributed by atoms with Gasteiger partial charge in [0.2, 0.25) is 0 Å². The number of nitrogens with zero attached hydrogens (tertiary/aromatic N) is 1. The van der Waals surface area contributed by atoms with Crippen LogP contribution in [-0.2, 0) is 0 Å². The average molecular weight is 151 g/mol. The van der Waals surface area contributed by atoms with Crippen LogP contribution in [0.4, 0.5) is 0 Å². The van der Waals surface area contributed by atoms with Crippen LogP contribution in [0, 0.1) is 0 Å². The topological polar surface area (TPSA) is 14.2 Å². The zero-order valence-electron chi connectivity index (χ0n) is 10.0. The monoisotopic (exact) mass is 151 g/mol. The van der Waals surface area contributed by atoms with Crippen molar-refractivity contribution in [3.05, 3.63) is 36.4 Å². The second kappa shape index (κ2) is 2.31. The average Bonchev–Trinajstić information content (AvgIpc) is 2.67. The molecule has 0 aliphatic carbocycles. The molecule has 1 aromatic carbocycles. The number of aromatic nitrogens is 1. The van der Waals surface area contributed by atoms with Gasteiger partial charge in [-0.3, -0.25) is 0 Å². The molecular weight excluding hydrogens is 138 g/mol. The van der Waals surface area contributed by atoms with Crippen molar-refractivity contribution in [3.8, 4) is 0 Å². The molecule has 0 aliphatic heterocycles. The normalized spacial score (nSPS) is 15.4. The van der Waals surface area contributed by atoms with Crippen molar-refractivity contribution in [3.63, 3.8) is 0 Å². The molecule has 2 rings (SSSR count). The molecule has 2 heteroatoms. The van der Waals surface area contributed by atoms with E-state index in [1.807, 2.05) is 0 Å². The van der Waals surface area contributed by atoms with Crippen LogP contribution in [0.25, 0.3) is 10.9 Å². The van der Waals surface area contributed by atoms with Gasteiger partial charge in [0.1, 0.15) is 7.11 Å². The first kappa shape index (κ1) is 3.30. The zero-order valence-corrected chi connectivity index (χ0v) is 6.01. The number of benzene rings is 1. The standard InChI is InChI=1S/C9H9NO/c1-11-10-7-6-8-4-2-3-5-9(8)10/h2-7H,1H3/i2D,3D,4D,5D. The van der Waals surface area contributed by atoms with Gasteiger partial charge in [-0.05, 0) is 12.1 Å². The van der Waals surface area contributed by atoms with Crippen LogP contribution in [0.5, 0.6) is 0 Å². The molecule has 0 radical (unpaired) electrons. The third-order valence-corrected chi connectivity index (χ3v) is 1.49. The Kier molecular flexibility index (Phi) is 0.693. The Morgan fingerprint density at radius 1 is 1.45 bits per heavy atom. The molecule has 2 nitrogen and oxygen atoms in total. The lowest BCUT2D eigenvalue weighted by molar-refractivity contribution is 0.179. The second-order valence-corrected chi connectivity index (χ2v) is 2.09. The number of para-hydroxylation sites is 1. The van der Waals surface area contributed by atoms with Crippen molar-refractivity contribution in [1.29, 1.82) is 0 Å². The first-order chi connectivity index (χ1) is 7.07. The highest BCUT2D eigenvalue weighted by molar-refractivity contribution is 5.79. The minimum Gasteiger partial charge on any atom is -0.417 e. The Hall–Kier alpha value is -1.44. The summed E-state index contributed by atoms with van der Waals surface area (Å²) in [6, 6.07) is 1.02. The highest BCUT2D eigenvalue weighted by atomic mass is 16.6. The Morgan fingerprint density at radius 3 is 3.09 bits per heavy atom. The summed E-state index contributed by atoms with van der Waals surface area (Å²) in [5.41, 5.74) is 0.364. The first-order valence-corrected chi connectivity index (χ1v) is 3.19. The highest BCUT2D eigenvalue weighted by Gasteiger charge is 1.96. The minimum absolute atomic E-state index is 0.0400. The van der Waals surface area contributed by atoms with Gasteiger partial charge >= 0.3 is 0 Å². The second-order valence-electron chi connectivity index (χ2n) is 2.09. The molecule has 11 heavy (non-hydrogen) atoms. The van der Waals surface area contributed by atoms with Gasteiger partial charge in [-0.25, -0.2) is 0 Å². The SMILES string of the molecule is [2H]c1c([2H])c([2H])c2c(ccn2OC)c1[2H]. The van der Waals surface area contributed by atoms with Crippen molar-refractivity contribution in [2.75, 3.05) is 7.11 Å². The van der Waals surface area contributed by atoms with Gasteiger partial charge < -0.3 is 4.84 Å². The predicted molar refractivity (Wildman–Crippen MR) is 44.4 cm³/mol. The van der Waals surface area contributed by atoms with Crippen LogP contribution >= 0.6 is 0 Å². The predicted octanol–water partition coefficient (Wildman–Crippen LogP) is 1.70. The molecule has 2 aromatic rings. The van der Waals surface area contributed by atoms with Crippen molar-refractivity contribution in [1.82, 2.24) is 4.73 Å². The van der Waals surface area contributed by atoms with Crippen molar-refractivity contribution in [2.24, 2.45) is 0 Å². The van der Waals surface area contributed by atoms with E-state index < -0.39 is 0 Å². The molecule has 0 N–H and O–H groups in total. The van der Waals surface area contributed by atoms with E-state index in [-0.39, 0.29) is 24.2 Å². The summed E-state index contributed by atoms with van der Waals surface area (Å²) in [6.45, 7) is 0. The van der Waals surface area contributed by atoms with Crippen LogP contribution < -0.4 is 4.84 Å². The van der Waals surface area contributed by atoms with E-state index in [1.54, 1.807) is 12.3 Å². The summed E-state index contributed by atoms with van der Waals surface area (Å²) >= 11 is 0. The van der Waals surface area contributed by atoms with Crippen molar-refractivity contribution in [2.45, 2.75) is 0 Å². The first-order valence-electron chi connectivity index (χ1n) is 5.19. The Balaban J connectivity index is 2.97. The highest BCUT2D eigenvalue weighted by Crippen LogP contribution is 2.12. The van der Waals surface area contributed by atoms with Gasteiger partial charge in [0.25, 0.3) is 0 Å². The van der Waals surface area contributed by atoms with Crippen molar-refractivity contribution >= 4 is 10.9 Å². The summed E-state index contributed by atoms with van der Waals surface area (Å²) in [6.07, 6.45) is 1.57. The van der Waals surface area contributed by atoms with Crippen LogP contribution in [0.1, 0.15) is 5.48 Å². The van der Waals surface area contributed by atoms with Gasteiger partial charge in [-0.2, -0.15) is 4.73 Å². The Labute approximate surface area is 70.6 Å². The lowest BCUT2D eigenvalue weighted by Crippen LogP contribution is -2.02. The molecule has 56 valence electrons. The fourth-order valence-electron chi connectivity index (χ4n) is 0.979. The molecule has 0 amide bonds. The molecule has 0 atom stereocenters. The van der Waals surface area contributed by atoms with E-state index in [0.29, 0.717) is 10.9 Å². The van der Waals surface area contributed by atoms with E-state index in [9.17, 15) is 0 Å². The van der Waals surface area contributed by atoms with Crippen LogP contribution in [0.3, 0.4) is 0 Å². The lowest BCUT2D eigenvalue weighted by Gasteiger charge is -2.00. The van der Waals surface area contributed by atoms with Gasteiger partial charge in [-0.15, -0.1) is 0 Å². The van der Waals surface area contributed by atoms with Gasteiger partial charge in [0.05, 0.1) is 11.0 Å². The van der Waals surface area contributed by atoms with Crippen LogP contribution in [-0.4, -0.2) is 11.8 Å². The maximum absolute atomic E-state index is 7.69. The molecule has 0 aliphatic rings. The summed E-state index contributed by atoms with van der Waals surface area (Å²) in [4.78, 5) is 4.97. The summed E-state index contributed by atoms with van der Waals surface area (Å²) < 4.78 is 31.7. The molecule has 0 saturated carbocycles. The molecule has 0 bridgehead atoms. The van der Waals surface area contributed by atoms with Crippen LogP contribution in [0.2, 0.25) is 0 Å². The molecule has 0 saturated heterocycles. The van der Waals surface area contributed by atoms with E-state index in [0.717, 1.165) is 0 Å². The van der Waals surface area contributed by atoms with Gasteiger partial charge in [-0.1, -0.05) is 18.1 Å². The minimum atomic E-state index is -0.246. The Morgan fingerprint density at radius 2 is 2.27 bits per heavy atom. The van der Waals surface area contributed by atoms with E-state index >= 15 is 0 Å². The van der Waals surface area contributed by atoms with Crippen LogP contribution in [0.15, 0.2) is 36.4 Å². The summed E-state index contributed by atoms with van der Waals surface area (Å²) in [5, 5.41) is 0.461. The molecule has 0 unspecified atom stereocenters. The summed E-state index contributed by atoms with van der Waals surface area (Å²) in [7, 11) is 1.45. The van der Waals surface area contributed by atoms with Gasteiger partial charge in [0.15, 0.2) is 0 Å². The quantitative estimate of drug-likeness (QED) is 0.605. The smallest absolute Gasteiger partial charge is 0.104 e. The van der Waals surface area contributed by atoms with Gasteiger partial charge in [0, 0.05) is 11.6 Å². The number of hydrogen-bond acceptors (Lipinski definition) is 1. The molecule has 1 heterocycles. The molecular formula is C9H9NO. The maximum atomic E-state index is 7.69. The van der Waals surface area contributed by atoms with E-state index in [2.05, 4.69) is 0 Å². The largest absolute Gasteiger partial charge is 0.417 e. The number of fused-ring (bicyclic) bond motifs is 1. The van der Waals surface area contributed by atoms with E-state index in [1.165, 1.54) is 11.8 Å². The molecule has 1 aromatic heterocycles. The zero-order chi connectivity index (χ0) is 11.2. The molecule has 0 spiro atoms. The van der Waals surface area contributed by atoms with Crippen molar-refractivity contribution < 1.29 is 10.3 Å². The third-order valence-electron chi connectivity index (χ3n) is 1.49. The number of hydrogen-bond donors (Lipinski definition) is 0. The fraction of sp³-hybridized carbons (Fsp3) is 0.111. The lowest BCUT2D eigenvalue weighted by atomic mass is 10.3. The third kappa shape index (κ3) is 0.871. The van der Waals surface area contributed by atoms with E-state index in [4.69, 9.17) is 10.3 Å². The fourth-order valence-corrected chi connectivity index (χ4v) is 0.979. The Bertz CT molecular complexity index is 535. The molecule has 0 fully saturated rings.